The maximum atomic E-state index is 11.8. The van der Waals surface area contributed by atoms with Gasteiger partial charge in [-0.1, -0.05) is 23.4 Å². The summed E-state index contributed by atoms with van der Waals surface area (Å²) in [7, 11) is 0. The molecule has 0 fully saturated rings. The molecular weight excluding hydrogens is 274 g/mol. The van der Waals surface area contributed by atoms with Gasteiger partial charge in [-0.25, -0.2) is 4.79 Å². The number of anilines is 1. The number of rotatable bonds is 6. The van der Waals surface area contributed by atoms with Crippen LogP contribution in [0, 0.1) is 0 Å². The summed E-state index contributed by atoms with van der Waals surface area (Å²) in [6, 6.07) is 8.35. The molecule has 1 aromatic carbocycles. The van der Waals surface area contributed by atoms with Gasteiger partial charge in [0.2, 0.25) is 0 Å². The van der Waals surface area contributed by atoms with Crippen LogP contribution >= 0.6 is 0 Å². The van der Waals surface area contributed by atoms with E-state index in [4.69, 9.17) is 9.63 Å². The van der Waals surface area contributed by atoms with Crippen molar-refractivity contribution in [2.75, 3.05) is 5.32 Å². The van der Waals surface area contributed by atoms with Crippen LogP contribution in [0.4, 0.5) is 10.5 Å². The summed E-state index contributed by atoms with van der Waals surface area (Å²) in [6.45, 7) is 0.225. The van der Waals surface area contributed by atoms with E-state index >= 15 is 0 Å². The van der Waals surface area contributed by atoms with Crippen molar-refractivity contribution in [2.24, 2.45) is 0 Å². The number of amides is 2. The van der Waals surface area contributed by atoms with Crippen LogP contribution < -0.4 is 10.6 Å². The molecule has 2 amide bonds. The Morgan fingerprint density at radius 1 is 1.24 bits per heavy atom. The van der Waals surface area contributed by atoms with Crippen molar-refractivity contribution in [1.29, 1.82) is 0 Å². The van der Waals surface area contributed by atoms with E-state index in [0.29, 0.717) is 17.9 Å². The van der Waals surface area contributed by atoms with E-state index in [-0.39, 0.29) is 13.0 Å². The van der Waals surface area contributed by atoms with Crippen LogP contribution in [0.1, 0.15) is 17.7 Å². The highest BCUT2D eigenvalue weighted by atomic mass is 16.5. The second-order valence-corrected chi connectivity index (χ2v) is 4.34. The number of hydrogen-bond donors (Lipinski definition) is 3. The zero-order valence-electron chi connectivity index (χ0n) is 11.2. The topological polar surface area (TPSA) is 104 Å². The molecule has 0 bridgehead atoms. The molecule has 7 nitrogen and oxygen atoms in total. The number of benzene rings is 1. The molecule has 2 aromatic rings. The van der Waals surface area contributed by atoms with E-state index in [1.54, 1.807) is 30.3 Å². The predicted octanol–water partition coefficient (Wildman–Crippen LogP) is 2.01. The third-order valence-corrected chi connectivity index (χ3v) is 2.79. The Morgan fingerprint density at radius 3 is 2.76 bits per heavy atom. The van der Waals surface area contributed by atoms with Gasteiger partial charge >= 0.3 is 12.0 Å². The Balaban J connectivity index is 1.92. The number of aliphatic carboxylic acids is 1. The summed E-state index contributed by atoms with van der Waals surface area (Å²) >= 11 is 0. The molecule has 0 unspecified atom stereocenters. The number of aryl methyl sites for hydroxylation is 1. The number of carbonyl (C=O) groups is 2. The summed E-state index contributed by atoms with van der Waals surface area (Å²) in [5.41, 5.74) is 1.36. The van der Waals surface area contributed by atoms with E-state index < -0.39 is 12.0 Å². The van der Waals surface area contributed by atoms with Gasteiger partial charge in [0, 0.05) is 18.2 Å². The van der Waals surface area contributed by atoms with Gasteiger partial charge in [-0.3, -0.25) is 4.79 Å². The van der Waals surface area contributed by atoms with E-state index in [1.165, 1.54) is 6.20 Å². The van der Waals surface area contributed by atoms with Crippen LogP contribution in [0.5, 0.6) is 0 Å². The van der Waals surface area contributed by atoms with Gasteiger partial charge in [-0.05, 0) is 18.1 Å². The summed E-state index contributed by atoms with van der Waals surface area (Å²) in [5, 5.41) is 17.6. The number of nitrogens with zero attached hydrogens (tertiary/aromatic N) is 1. The van der Waals surface area contributed by atoms with E-state index in [2.05, 4.69) is 15.8 Å². The molecule has 0 aliphatic carbocycles. The van der Waals surface area contributed by atoms with Crippen molar-refractivity contribution in [2.45, 2.75) is 19.4 Å². The van der Waals surface area contributed by atoms with Crippen LogP contribution in [0.15, 0.2) is 41.1 Å². The first-order chi connectivity index (χ1) is 10.1. The number of hydrogen-bond acceptors (Lipinski definition) is 4. The molecule has 0 aliphatic heterocycles. The lowest BCUT2D eigenvalue weighted by atomic mass is 10.1. The van der Waals surface area contributed by atoms with E-state index in [9.17, 15) is 9.59 Å². The third-order valence-electron chi connectivity index (χ3n) is 2.79. The predicted molar refractivity (Wildman–Crippen MR) is 74.8 cm³/mol. The lowest BCUT2D eigenvalue weighted by Gasteiger charge is -2.10. The lowest BCUT2D eigenvalue weighted by molar-refractivity contribution is -0.136. The normalized spacial score (nSPS) is 10.1. The number of nitrogens with one attached hydrogen (secondary N) is 2. The van der Waals surface area contributed by atoms with Crippen LogP contribution in [-0.2, 0) is 17.8 Å². The highest BCUT2D eigenvalue weighted by Crippen LogP contribution is 2.16. The molecule has 1 heterocycles. The zero-order valence-corrected chi connectivity index (χ0v) is 11.2. The standard InChI is InChI=1S/C14H15N3O4/c18-13(19)6-5-10-3-1-2-4-12(10)17-14(20)15-9-11-7-8-16-21-11/h1-4,7-8H,5-6,9H2,(H,18,19)(H2,15,17,20). The van der Waals surface area contributed by atoms with Gasteiger partial charge < -0.3 is 20.3 Å². The van der Waals surface area contributed by atoms with Gasteiger partial charge in [0.1, 0.15) is 0 Å². The van der Waals surface area contributed by atoms with Crippen molar-refractivity contribution in [3.63, 3.8) is 0 Å². The van der Waals surface area contributed by atoms with Crippen molar-refractivity contribution >= 4 is 17.7 Å². The molecule has 3 N–H and O–H groups in total. The van der Waals surface area contributed by atoms with Gasteiger partial charge in [0.15, 0.2) is 5.76 Å². The number of aromatic nitrogens is 1. The smallest absolute Gasteiger partial charge is 0.319 e. The second-order valence-electron chi connectivity index (χ2n) is 4.34. The lowest BCUT2D eigenvalue weighted by Crippen LogP contribution is -2.28. The molecule has 1 aromatic heterocycles. The summed E-state index contributed by atoms with van der Waals surface area (Å²) < 4.78 is 4.86. The minimum Gasteiger partial charge on any atom is -0.481 e. The minimum atomic E-state index is -0.875. The molecule has 0 spiro atoms. The first-order valence-electron chi connectivity index (χ1n) is 6.39. The Bertz CT molecular complexity index is 610. The van der Waals surface area contributed by atoms with E-state index in [0.717, 1.165) is 5.56 Å². The molecule has 0 saturated heterocycles. The molecule has 2 rings (SSSR count). The summed E-state index contributed by atoms with van der Waals surface area (Å²) in [5.74, 6) is -0.330. The molecule has 0 aliphatic rings. The van der Waals surface area contributed by atoms with Crippen molar-refractivity contribution < 1.29 is 19.2 Å². The summed E-state index contributed by atoms with van der Waals surface area (Å²) in [4.78, 5) is 22.4. The maximum Gasteiger partial charge on any atom is 0.319 e. The number of carboxylic acid groups (broad SMARTS) is 1. The van der Waals surface area contributed by atoms with E-state index in [1.807, 2.05) is 0 Å². The highest BCUT2D eigenvalue weighted by Gasteiger charge is 2.08. The maximum absolute atomic E-state index is 11.8. The van der Waals surface area contributed by atoms with Crippen molar-refractivity contribution in [3.8, 4) is 0 Å². The first-order valence-corrected chi connectivity index (χ1v) is 6.39. The fourth-order valence-electron chi connectivity index (χ4n) is 1.77. The molecular formula is C14H15N3O4. The molecule has 0 radical (unpaired) electrons. The van der Waals surface area contributed by atoms with Gasteiger partial charge in [0.25, 0.3) is 0 Å². The number of carbonyl (C=O) groups excluding carboxylic acids is 1. The van der Waals surface area contributed by atoms with Crippen molar-refractivity contribution in [1.82, 2.24) is 10.5 Å². The average Bonchev–Trinajstić information content (AvgIpc) is 2.97. The fraction of sp³-hybridized carbons (Fsp3) is 0.214. The number of para-hydroxylation sites is 1. The monoisotopic (exact) mass is 289 g/mol. The Hall–Kier alpha value is -2.83. The van der Waals surface area contributed by atoms with Gasteiger partial charge in [0.05, 0.1) is 12.7 Å². The minimum absolute atomic E-state index is 0.0123. The molecule has 110 valence electrons. The molecule has 0 saturated carbocycles. The van der Waals surface area contributed by atoms with Gasteiger partial charge in [-0.2, -0.15) is 0 Å². The SMILES string of the molecule is O=C(O)CCc1ccccc1NC(=O)NCc1ccno1. The van der Waals surface area contributed by atoms with Crippen molar-refractivity contribution in [3.05, 3.63) is 47.9 Å². The Morgan fingerprint density at radius 2 is 2.05 bits per heavy atom. The molecule has 7 heteroatoms. The zero-order chi connectivity index (χ0) is 15.1. The largest absolute Gasteiger partial charge is 0.481 e. The first kappa shape index (κ1) is 14.6. The van der Waals surface area contributed by atoms with Crippen LogP contribution in [0.25, 0.3) is 0 Å². The molecule has 0 atom stereocenters. The van der Waals surface area contributed by atoms with Gasteiger partial charge in [-0.15, -0.1) is 0 Å². The summed E-state index contributed by atoms with van der Waals surface area (Å²) in [6.07, 6.45) is 1.86. The fourth-order valence-corrected chi connectivity index (χ4v) is 1.77. The average molecular weight is 289 g/mol. The van der Waals surface area contributed by atoms with Crippen LogP contribution in [0.2, 0.25) is 0 Å². The quantitative estimate of drug-likeness (QED) is 0.754. The second kappa shape index (κ2) is 7.09. The number of carboxylic acids is 1. The number of urea groups is 1. The van der Waals surface area contributed by atoms with Crippen LogP contribution in [-0.4, -0.2) is 22.3 Å². The Labute approximate surface area is 120 Å². The van der Waals surface area contributed by atoms with Crippen LogP contribution in [0.3, 0.4) is 0 Å². The highest BCUT2D eigenvalue weighted by molar-refractivity contribution is 5.90. The third kappa shape index (κ3) is 4.64. The molecule has 21 heavy (non-hydrogen) atoms. The Kier molecular flexibility index (Phi) is 4.92.